The number of hydrogen-bond acceptors (Lipinski definition) is 2. The lowest BCUT2D eigenvalue weighted by molar-refractivity contribution is 0.749. The first-order chi connectivity index (χ1) is 4.47. The van der Waals surface area contributed by atoms with Crippen molar-refractivity contribution in [2.24, 2.45) is 4.99 Å². The molecule has 0 saturated heterocycles. The number of fused-ring (bicyclic) bond motifs is 1. The van der Waals surface area contributed by atoms with Crippen molar-refractivity contribution in [3.63, 3.8) is 0 Å². The van der Waals surface area contributed by atoms with Gasteiger partial charge in [-0.1, -0.05) is 12.2 Å². The van der Waals surface area contributed by atoms with Gasteiger partial charge in [0.2, 0.25) is 0 Å². The van der Waals surface area contributed by atoms with Gasteiger partial charge in [0.1, 0.15) is 0 Å². The van der Waals surface area contributed by atoms with Gasteiger partial charge in [-0.25, -0.2) is 0 Å². The molecule has 0 aromatic rings. The summed E-state index contributed by atoms with van der Waals surface area (Å²) in [5.41, 5.74) is 2.48. The van der Waals surface area contributed by atoms with E-state index in [0.717, 1.165) is 18.9 Å². The van der Waals surface area contributed by atoms with Gasteiger partial charge in [0.15, 0.2) is 0 Å². The molecule has 1 heterocycles. The summed E-state index contributed by atoms with van der Waals surface area (Å²) in [6.45, 7) is 1.75. The lowest BCUT2D eigenvalue weighted by Gasteiger charge is -2.10. The van der Waals surface area contributed by atoms with E-state index in [0.29, 0.717) is 0 Å². The Morgan fingerprint density at radius 1 is 1.56 bits per heavy atom. The fraction of sp³-hybridized carbons (Fsp3) is 0.286. The molecular weight excluding hydrogens is 112 g/mol. The van der Waals surface area contributed by atoms with Gasteiger partial charge >= 0.3 is 0 Å². The predicted molar refractivity (Wildman–Crippen MR) is 37.5 cm³/mol. The van der Waals surface area contributed by atoms with Gasteiger partial charge in [0.25, 0.3) is 0 Å². The highest BCUT2D eigenvalue weighted by Crippen LogP contribution is 2.09. The number of aliphatic imine (C=N–C) groups is 1. The molecule has 2 nitrogen and oxygen atoms in total. The molecule has 0 atom stereocenters. The lowest BCUT2D eigenvalue weighted by Crippen LogP contribution is -2.25. The SMILES string of the molecule is C1=CC2=NCNCC2=C1. The van der Waals surface area contributed by atoms with Crippen molar-refractivity contribution in [1.82, 2.24) is 5.32 Å². The second-order valence-electron chi connectivity index (χ2n) is 2.18. The first-order valence-electron chi connectivity index (χ1n) is 3.09. The minimum Gasteiger partial charge on any atom is -0.294 e. The van der Waals surface area contributed by atoms with Crippen LogP contribution in [0.25, 0.3) is 0 Å². The molecule has 0 amide bonds. The van der Waals surface area contributed by atoms with Crippen LogP contribution in [0, 0.1) is 0 Å². The number of rotatable bonds is 0. The van der Waals surface area contributed by atoms with Gasteiger partial charge in [0, 0.05) is 6.54 Å². The van der Waals surface area contributed by atoms with Crippen LogP contribution in [0.15, 0.2) is 28.8 Å². The smallest absolute Gasteiger partial charge is 0.0894 e. The van der Waals surface area contributed by atoms with Crippen LogP contribution >= 0.6 is 0 Å². The number of hydrogen-bond donors (Lipinski definition) is 1. The van der Waals surface area contributed by atoms with Crippen molar-refractivity contribution in [1.29, 1.82) is 0 Å². The first-order valence-corrected chi connectivity index (χ1v) is 3.09. The van der Waals surface area contributed by atoms with E-state index in [1.165, 1.54) is 5.57 Å². The fourth-order valence-electron chi connectivity index (χ4n) is 1.08. The highest BCUT2D eigenvalue weighted by molar-refractivity contribution is 6.11. The molecule has 1 N–H and O–H groups in total. The van der Waals surface area contributed by atoms with Crippen molar-refractivity contribution >= 4 is 5.71 Å². The minimum absolute atomic E-state index is 0.775. The molecule has 0 bridgehead atoms. The number of nitrogens with one attached hydrogen (secondary N) is 1. The van der Waals surface area contributed by atoms with E-state index >= 15 is 0 Å². The summed E-state index contributed by atoms with van der Waals surface area (Å²) >= 11 is 0. The summed E-state index contributed by atoms with van der Waals surface area (Å²) in [6, 6.07) is 0. The van der Waals surface area contributed by atoms with Crippen LogP contribution in [0.5, 0.6) is 0 Å². The summed E-state index contributed by atoms with van der Waals surface area (Å²) in [4.78, 5) is 4.24. The topological polar surface area (TPSA) is 24.4 Å². The second-order valence-corrected chi connectivity index (χ2v) is 2.18. The molecule has 9 heavy (non-hydrogen) atoms. The third-order valence-corrected chi connectivity index (χ3v) is 1.56. The zero-order chi connectivity index (χ0) is 6.10. The van der Waals surface area contributed by atoms with Crippen LogP contribution in [0.3, 0.4) is 0 Å². The highest BCUT2D eigenvalue weighted by Gasteiger charge is 2.09. The van der Waals surface area contributed by atoms with E-state index in [2.05, 4.69) is 22.5 Å². The lowest BCUT2D eigenvalue weighted by atomic mass is 10.2. The largest absolute Gasteiger partial charge is 0.294 e. The Hall–Kier alpha value is -0.890. The molecule has 1 aliphatic heterocycles. The van der Waals surface area contributed by atoms with E-state index in [9.17, 15) is 0 Å². The predicted octanol–water partition coefficient (Wildman–Crippen LogP) is 0.484. The maximum atomic E-state index is 4.24. The zero-order valence-corrected chi connectivity index (χ0v) is 5.09. The Labute approximate surface area is 54.0 Å². The molecule has 0 saturated carbocycles. The Balaban J connectivity index is 2.38. The van der Waals surface area contributed by atoms with Crippen LogP contribution < -0.4 is 5.32 Å². The molecule has 0 unspecified atom stereocenters. The molecule has 0 aromatic carbocycles. The van der Waals surface area contributed by atoms with E-state index in [-0.39, 0.29) is 0 Å². The van der Waals surface area contributed by atoms with Crippen molar-refractivity contribution < 1.29 is 0 Å². The van der Waals surface area contributed by atoms with Gasteiger partial charge < -0.3 is 0 Å². The monoisotopic (exact) mass is 120 g/mol. The van der Waals surface area contributed by atoms with E-state index in [1.54, 1.807) is 0 Å². The van der Waals surface area contributed by atoms with Gasteiger partial charge in [-0.05, 0) is 11.6 Å². The summed E-state index contributed by atoms with van der Waals surface area (Å²) in [5.74, 6) is 0. The molecule has 2 aliphatic rings. The summed E-state index contributed by atoms with van der Waals surface area (Å²) in [7, 11) is 0. The quantitative estimate of drug-likeness (QED) is 0.494. The molecule has 2 heteroatoms. The third kappa shape index (κ3) is 0.715. The van der Waals surface area contributed by atoms with Crippen LogP contribution in [0.4, 0.5) is 0 Å². The molecule has 0 fully saturated rings. The Morgan fingerprint density at radius 2 is 2.56 bits per heavy atom. The van der Waals surface area contributed by atoms with Crippen molar-refractivity contribution in [2.75, 3.05) is 13.2 Å². The first kappa shape index (κ1) is 4.94. The van der Waals surface area contributed by atoms with E-state index in [1.807, 2.05) is 6.08 Å². The molecule has 2 rings (SSSR count). The normalized spacial score (nSPS) is 23.1. The summed E-state index contributed by atoms with van der Waals surface area (Å²) in [6.07, 6.45) is 6.20. The highest BCUT2D eigenvalue weighted by atomic mass is 15.0. The average molecular weight is 120 g/mol. The Morgan fingerprint density at radius 3 is 3.44 bits per heavy atom. The van der Waals surface area contributed by atoms with Crippen LogP contribution in [0.2, 0.25) is 0 Å². The summed E-state index contributed by atoms with van der Waals surface area (Å²) < 4.78 is 0. The molecule has 1 aliphatic carbocycles. The maximum Gasteiger partial charge on any atom is 0.0894 e. The van der Waals surface area contributed by atoms with Crippen LogP contribution in [0.1, 0.15) is 0 Å². The molecule has 0 spiro atoms. The Kier molecular flexibility index (Phi) is 0.993. The van der Waals surface area contributed by atoms with Gasteiger partial charge in [-0.2, -0.15) is 0 Å². The van der Waals surface area contributed by atoms with Gasteiger partial charge in [-0.15, -0.1) is 0 Å². The van der Waals surface area contributed by atoms with Gasteiger partial charge in [0.05, 0.1) is 12.4 Å². The third-order valence-electron chi connectivity index (χ3n) is 1.56. The van der Waals surface area contributed by atoms with Crippen molar-refractivity contribution in [2.45, 2.75) is 0 Å². The van der Waals surface area contributed by atoms with Crippen LogP contribution in [-0.2, 0) is 0 Å². The average Bonchev–Trinajstić information content (AvgIpc) is 2.33. The zero-order valence-electron chi connectivity index (χ0n) is 5.09. The van der Waals surface area contributed by atoms with Crippen molar-refractivity contribution in [3.8, 4) is 0 Å². The van der Waals surface area contributed by atoms with E-state index in [4.69, 9.17) is 0 Å². The molecule has 46 valence electrons. The minimum atomic E-state index is 0.775. The van der Waals surface area contributed by atoms with Gasteiger partial charge in [-0.3, -0.25) is 10.3 Å². The number of nitrogens with zero attached hydrogens (tertiary/aromatic N) is 1. The second kappa shape index (κ2) is 1.81. The molecule has 0 radical (unpaired) electrons. The molecular formula is C7H8N2. The van der Waals surface area contributed by atoms with Crippen LogP contribution in [-0.4, -0.2) is 18.9 Å². The van der Waals surface area contributed by atoms with E-state index < -0.39 is 0 Å². The standard InChI is InChI=1S/C7H8N2/c1-2-6-4-8-5-9-7(6)3-1/h1-3,8H,4-5H2. The molecule has 0 aromatic heterocycles. The Bertz CT molecular complexity index is 211. The fourth-order valence-corrected chi connectivity index (χ4v) is 1.08. The summed E-state index contributed by atoms with van der Waals surface area (Å²) in [5, 5.41) is 3.16. The maximum absolute atomic E-state index is 4.24. The van der Waals surface area contributed by atoms with Crippen molar-refractivity contribution in [3.05, 3.63) is 23.8 Å². The number of allylic oxidation sites excluding steroid dienone is 3.